The van der Waals surface area contributed by atoms with Crippen LogP contribution in [0.5, 0.6) is 0 Å². The molecule has 1 amide bonds. The molecule has 0 spiro atoms. The Hall–Kier alpha value is -3.15. The van der Waals surface area contributed by atoms with Gasteiger partial charge in [-0.05, 0) is 33.3 Å². The molecule has 0 radical (unpaired) electrons. The molecular formula is C29H39NO4. The number of rotatable bonds is 0. The number of aliphatic hydroxyl groups is 3. The molecule has 0 fully saturated rings. The predicted molar refractivity (Wildman–Crippen MR) is 141 cm³/mol. The van der Waals surface area contributed by atoms with Gasteiger partial charge in [0.05, 0.1) is 18.0 Å². The van der Waals surface area contributed by atoms with Crippen LogP contribution in [0.3, 0.4) is 0 Å². The Bertz CT molecular complexity index is 912. The fourth-order valence-corrected chi connectivity index (χ4v) is 3.05. The summed E-state index contributed by atoms with van der Waals surface area (Å²) in [6.45, 7) is 7.79. The van der Waals surface area contributed by atoms with Gasteiger partial charge >= 0.3 is 0 Å². The van der Waals surface area contributed by atoms with E-state index in [-0.39, 0.29) is 30.0 Å². The lowest BCUT2D eigenvalue weighted by Gasteiger charge is -2.15. The minimum atomic E-state index is -0.952. The number of hydrogen-bond acceptors (Lipinski definition) is 4. The summed E-state index contributed by atoms with van der Waals surface area (Å²) in [4.78, 5) is 12.0. The summed E-state index contributed by atoms with van der Waals surface area (Å²) in [5, 5.41) is 33.3. The van der Waals surface area contributed by atoms with E-state index in [2.05, 4.69) is 5.32 Å². The minimum absolute atomic E-state index is 0.0136. The van der Waals surface area contributed by atoms with Gasteiger partial charge in [0.2, 0.25) is 5.91 Å². The first-order chi connectivity index (χ1) is 16.2. The molecule has 0 unspecified atom stereocenters. The van der Waals surface area contributed by atoms with Crippen molar-refractivity contribution in [3.05, 3.63) is 108 Å². The average molecular weight is 466 g/mol. The number of amides is 1. The van der Waals surface area contributed by atoms with Crippen LogP contribution in [0.2, 0.25) is 0 Å². The third kappa shape index (κ3) is 14.1. The predicted octanol–water partition coefficient (Wildman–Crippen LogP) is 5.31. The Kier molecular flexibility index (Phi) is 14.0. The van der Waals surface area contributed by atoms with Gasteiger partial charge in [-0.1, -0.05) is 97.1 Å². The van der Waals surface area contributed by atoms with E-state index in [0.717, 1.165) is 17.6 Å². The third-order valence-electron chi connectivity index (χ3n) is 4.99. The molecule has 1 aliphatic heterocycles. The topological polar surface area (TPSA) is 89.8 Å². The lowest BCUT2D eigenvalue weighted by atomic mass is 10.00. The zero-order chi connectivity index (χ0) is 25.3. The van der Waals surface area contributed by atoms with Crippen LogP contribution in [0.4, 0.5) is 0 Å². The van der Waals surface area contributed by atoms with E-state index in [1.54, 1.807) is 36.5 Å². The molecule has 1 rings (SSSR count). The zero-order valence-corrected chi connectivity index (χ0v) is 20.6. The number of aliphatic hydroxyl groups excluding tert-OH is 3. The van der Waals surface area contributed by atoms with E-state index < -0.39 is 12.2 Å². The fourth-order valence-electron chi connectivity index (χ4n) is 3.05. The summed E-state index contributed by atoms with van der Waals surface area (Å²) in [5.74, 6) is -0.433. The summed E-state index contributed by atoms with van der Waals surface area (Å²) in [6, 6.07) is 0.0136. The third-order valence-corrected chi connectivity index (χ3v) is 4.99. The highest BCUT2D eigenvalue weighted by atomic mass is 16.3. The fraction of sp³-hybridized carbons (Fsp3) is 0.345. The molecule has 0 saturated carbocycles. The Morgan fingerprint density at radius 2 is 1.56 bits per heavy atom. The maximum Gasteiger partial charge on any atom is 0.244 e. The molecule has 5 nitrogen and oxygen atoms in total. The van der Waals surface area contributed by atoms with Gasteiger partial charge in [-0.2, -0.15) is 0 Å². The number of carbonyl (C=O) groups is 1. The van der Waals surface area contributed by atoms with Crippen LogP contribution < -0.4 is 5.32 Å². The molecule has 0 saturated heterocycles. The van der Waals surface area contributed by atoms with Crippen molar-refractivity contribution in [2.24, 2.45) is 5.92 Å². The van der Waals surface area contributed by atoms with E-state index in [9.17, 15) is 20.1 Å². The molecule has 0 bridgehead atoms. The van der Waals surface area contributed by atoms with Gasteiger partial charge in [0.1, 0.15) is 0 Å². The van der Waals surface area contributed by atoms with Crippen molar-refractivity contribution in [3.8, 4) is 0 Å². The lowest BCUT2D eigenvalue weighted by molar-refractivity contribution is -0.117. The monoisotopic (exact) mass is 465 g/mol. The van der Waals surface area contributed by atoms with Crippen molar-refractivity contribution in [1.29, 1.82) is 0 Å². The molecule has 4 N–H and O–H groups in total. The van der Waals surface area contributed by atoms with Crippen LogP contribution in [0.1, 0.15) is 40.5 Å². The SMILES string of the molecule is CC1=C\C=C\C[C@H](C)NC(=O)/C=C/C=C/C=C/[C@H](C)[C@@H](O)C/C(O)=C\[C@@H](O)/C=C\C=C\C(C)=C\1. The van der Waals surface area contributed by atoms with E-state index in [0.29, 0.717) is 0 Å². The van der Waals surface area contributed by atoms with Crippen LogP contribution in [-0.4, -0.2) is 39.5 Å². The molecule has 1 heterocycles. The molecule has 34 heavy (non-hydrogen) atoms. The van der Waals surface area contributed by atoms with Crippen molar-refractivity contribution >= 4 is 5.91 Å². The van der Waals surface area contributed by atoms with Crippen LogP contribution in [0.15, 0.2) is 108 Å². The van der Waals surface area contributed by atoms with E-state index in [4.69, 9.17) is 0 Å². The van der Waals surface area contributed by atoms with Gasteiger partial charge in [-0.15, -0.1) is 0 Å². The highest BCUT2D eigenvalue weighted by Gasteiger charge is 2.13. The molecule has 0 aromatic heterocycles. The molecule has 184 valence electrons. The lowest BCUT2D eigenvalue weighted by Crippen LogP contribution is -2.30. The van der Waals surface area contributed by atoms with Crippen molar-refractivity contribution in [3.63, 3.8) is 0 Å². The van der Waals surface area contributed by atoms with Crippen molar-refractivity contribution in [2.45, 2.75) is 58.8 Å². The van der Waals surface area contributed by atoms with Crippen molar-refractivity contribution in [2.75, 3.05) is 0 Å². The van der Waals surface area contributed by atoms with Gasteiger partial charge in [0.15, 0.2) is 0 Å². The smallest absolute Gasteiger partial charge is 0.244 e. The normalized spacial score (nSPS) is 36.8. The van der Waals surface area contributed by atoms with Gasteiger partial charge in [-0.3, -0.25) is 4.79 Å². The number of carbonyl (C=O) groups excluding carboxylic acids is 1. The quantitative estimate of drug-likeness (QED) is 0.390. The van der Waals surface area contributed by atoms with Crippen molar-refractivity contribution in [1.82, 2.24) is 5.32 Å². The van der Waals surface area contributed by atoms with Crippen LogP contribution in [0.25, 0.3) is 0 Å². The summed E-state index contributed by atoms with van der Waals surface area (Å²) in [7, 11) is 0. The molecule has 4 atom stereocenters. The molecule has 0 aromatic rings. The minimum Gasteiger partial charge on any atom is -0.512 e. The summed E-state index contributed by atoms with van der Waals surface area (Å²) in [5.41, 5.74) is 2.14. The standard InChI is InChI=1S/C29H39NO4/c1-22-13-9-11-16-25(4)30-29(34)18-8-6-5-7-15-24(3)28(33)21-27(32)20-26(31)17-12-10-14-23(2)19-22/h5-15,17-20,24-26,28,31-33H,16,21H2,1-4H3,(H,30,34)/b6-5+,11-9+,14-10+,15-7+,17-12-,18-8+,22-13+,23-19+,27-20+/t24-,25-,26-,28-/m0/s1. The van der Waals surface area contributed by atoms with Gasteiger partial charge < -0.3 is 20.6 Å². The molecular weight excluding hydrogens is 426 g/mol. The van der Waals surface area contributed by atoms with Gasteiger partial charge in [-0.25, -0.2) is 0 Å². The first kappa shape index (κ1) is 28.9. The Balaban J connectivity index is 3.00. The van der Waals surface area contributed by atoms with Crippen LogP contribution >= 0.6 is 0 Å². The second kappa shape index (κ2) is 16.5. The van der Waals surface area contributed by atoms with Crippen LogP contribution in [-0.2, 0) is 4.79 Å². The Morgan fingerprint density at radius 1 is 0.882 bits per heavy atom. The zero-order valence-electron chi connectivity index (χ0n) is 20.6. The van der Waals surface area contributed by atoms with Crippen molar-refractivity contribution < 1.29 is 20.1 Å². The van der Waals surface area contributed by atoms with E-state index in [1.165, 1.54) is 12.2 Å². The van der Waals surface area contributed by atoms with E-state index >= 15 is 0 Å². The van der Waals surface area contributed by atoms with E-state index in [1.807, 2.05) is 70.2 Å². The number of hydrogen-bond donors (Lipinski definition) is 4. The summed E-state index contributed by atoms with van der Waals surface area (Å²) >= 11 is 0. The number of nitrogens with one attached hydrogen (secondary N) is 1. The first-order valence-electron chi connectivity index (χ1n) is 11.6. The highest BCUT2D eigenvalue weighted by Crippen LogP contribution is 2.14. The maximum absolute atomic E-state index is 12.0. The average Bonchev–Trinajstić information content (AvgIpc) is 2.75. The summed E-state index contributed by atoms with van der Waals surface area (Å²) in [6.07, 6.45) is 25.6. The van der Waals surface area contributed by atoms with Crippen LogP contribution in [0, 0.1) is 5.92 Å². The number of allylic oxidation sites excluding steroid dienone is 12. The highest BCUT2D eigenvalue weighted by molar-refractivity contribution is 5.87. The molecule has 5 heteroatoms. The maximum atomic E-state index is 12.0. The molecule has 1 aliphatic rings. The largest absolute Gasteiger partial charge is 0.512 e. The van der Waals surface area contributed by atoms with Gasteiger partial charge in [0, 0.05) is 24.5 Å². The molecule has 0 aliphatic carbocycles. The first-order valence-corrected chi connectivity index (χ1v) is 11.6. The Labute approximate surface area is 204 Å². The second-order valence-corrected chi connectivity index (χ2v) is 8.52. The second-order valence-electron chi connectivity index (χ2n) is 8.52. The summed E-state index contributed by atoms with van der Waals surface area (Å²) < 4.78 is 0. The molecule has 0 aromatic carbocycles. The van der Waals surface area contributed by atoms with Gasteiger partial charge in [0.25, 0.3) is 0 Å². The Morgan fingerprint density at radius 3 is 2.32 bits per heavy atom.